The molecular formula is C23H39N3O. The third-order valence-electron chi connectivity index (χ3n) is 6.19. The third-order valence-corrected chi connectivity index (χ3v) is 6.19. The summed E-state index contributed by atoms with van der Waals surface area (Å²) in [5.41, 5.74) is 1.30. The molecular weight excluding hydrogens is 334 g/mol. The van der Waals surface area contributed by atoms with Crippen molar-refractivity contribution in [2.24, 2.45) is 17.8 Å². The van der Waals surface area contributed by atoms with E-state index in [2.05, 4.69) is 14.9 Å². The first-order valence-corrected chi connectivity index (χ1v) is 11.1. The van der Waals surface area contributed by atoms with Gasteiger partial charge in [-0.15, -0.1) is 0 Å². The minimum Gasteiger partial charge on any atom is -0.303 e. The topological polar surface area (TPSA) is 46.1 Å². The van der Waals surface area contributed by atoms with Crippen molar-refractivity contribution in [1.82, 2.24) is 14.9 Å². The zero-order valence-corrected chi connectivity index (χ0v) is 18.1. The van der Waals surface area contributed by atoms with E-state index in [1.807, 2.05) is 47.0 Å². The summed E-state index contributed by atoms with van der Waals surface area (Å²) < 4.78 is 0. The maximum atomic E-state index is 12.2. The van der Waals surface area contributed by atoms with Crippen LogP contribution in [0.4, 0.5) is 0 Å². The van der Waals surface area contributed by atoms with Gasteiger partial charge in [0.05, 0.1) is 0 Å². The lowest BCUT2D eigenvalue weighted by atomic mass is 9.77. The van der Waals surface area contributed by atoms with E-state index in [9.17, 15) is 4.79 Å². The first kappa shape index (κ1) is 22.0. The van der Waals surface area contributed by atoms with Crippen molar-refractivity contribution >= 4 is 5.78 Å². The van der Waals surface area contributed by atoms with Crippen LogP contribution in [-0.4, -0.2) is 40.3 Å². The summed E-state index contributed by atoms with van der Waals surface area (Å²) in [4.78, 5) is 23.5. The van der Waals surface area contributed by atoms with Gasteiger partial charge < -0.3 is 4.90 Å². The van der Waals surface area contributed by atoms with Crippen LogP contribution in [0.5, 0.6) is 0 Å². The van der Waals surface area contributed by atoms with Gasteiger partial charge in [0.15, 0.2) is 0 Å². The van der Waals surface area contributed by atoms with Crippen LogP contribution in [-0.2, 0) is 4.79 Å². The lowest BCUT2D eigenvalue weighted by Crippen LogP contribution is -2.38. The molecule has 27 heavy (non-hydrogen) atoms. The SMILES string of the molecule is CC.Cc1ncc(C2CCN(CC3CCC(C(=O)C(C)C)CC3)CC2)cn1. The molecule has 2 aliphatic rings. The molecule has 3 rings (SSSR count). The number of ketones is 1. The summed E-state index contributed by atoms with van der Waals surface area (Å²) in [6.45, 7) is 13.6. The fourth-order valence-corrected chi connectivity index (χ4v) is 4.53. The number of hydrogen-bond acceptors (Lipinski definition) is 4. The number of piperidine rings is 1. The zero-order valence-electron chi connectivity index (χ0n) is 18.1. The number of hydrogen-bond donors (Lipinski definition) is 0. The Bertz CT molecular complexity index is 553. The van der Waals surface area contributed by atoms with Gasteiger partial charge in [-0.25, -0.2) is 9.97 Å². The number of carbonyl (C=O) groups is 1. The molecule has 4 heteroatoms. The molecule has 1 saturated heterocycles. The maximum absolute atomic E-state index is 12.2. The van der Waals surface area contributed by atoms with Crippen molar-refractivity contribution in [2.75, 3.05) is 19.6 Å². The van der Waals surface area contributed by atoms with Gasteiger partial charge in [-0.1, -0.05) is 27.7 Å². The Hall–Kier alpha value is -1.29. The van der Waals surface area contributed by atoms with Crippen LogP contribution in [0, 0.1) is 24.7 Å². The van der Waals surface area contributed by atoms with Crippen molar-refractivity contribution in [1.29, 1.82) is 0 Å². The van der Waals surface area contributed by atoms with Gasteiger partial charge in [0.2, 0.25) is 0 Å². The highest BCUT2D eigenvalue weighted by molar-refractivity contribution is 5.82. The smallest absolute Gasteiger partial charge is 0.138 e. The number of aromatic nitrogens is 2. The molecule has 2 fully saturated rings. The van der Waals surface area contributed by atoms with Gasteiger partial charge in [0, 0.05) is 30.8 Å². The van der Waals surface area contributed by atoms with E-state index in [0.717, 1.165) is 24.6 Å². The van der Waals surface area contributed by atoms with E-state index in [0.29, 0.717) is 17.6 Å². The van der Waals surface area contributed by atoms with Gasteiger partial charge >= 0.3 is 0 Å². The highest BCUT2D eigenvalue weighted by atomic mass is 16.1. The fraction of sp³-hybridized carbons (Fsp3) is 0.783. The lowest BCUT2D eigenvalue weighted by molar-refractivity contribution is -0.127. The molecule has 0 atom stereocenters. The Kier molecular flexibility index (Phi) is 8.88. The number of nitrogens with zero attached hydrogens (tertiary/aromatic N) is 3. The minimum atomic E-state index is 0.200. The van der Waals surface area contributed by atoms with Crippen molar-refractivity contribution < 1.29 is 4.79 Å². The highest BCUT2D eigenvalue weighted by Gasteiger charge is 2.29. The summed E-state index contributed by atoms with van der Waals surface area (Å²) in [5, 5.41) is 0. The molecule has 0 aromatic carbocycles. The highest BCUT2D eigenvalue weighted by Crippen LogP contribution is 2.33. The van der Waals surface area contributed by atoms with E-state index in [4.69, 9.17) is 0 Å². The fourth-order valence-electron chi connectivity index (χ4n) is 4.53. The van der Waals surface area contributed by atoms with Crippen LogP contribution in [0.1, 0.15) is 83.5 Å². The summed E-state index contributed by atoms with van der Waals surface area (Å²) in [6, 6.07) is 0. The second kappa shape index (κ2) is 10.9. The van der Waals surface area contributed by atoms with Crippen molar-refractivity contribution in [3.05, 3.63) is 23.8 Å². The van der Waals surface area contributed by atoms with Gasteiger partial charge in [-0.3, -0.25) is 4.79 Å². The molecule has 0 spiro atoms. The Morgan fingerprint density at radius 1 is 1.04 bits per heavy atom. The van der Waals surface area contributed by atoms with Crippen LogP contribution in [0.2, 0.25) is 0 Å². The summed E-state index contributed by atoms with van der Waals surface area (Å²) >= 11 is 0. The Balaban J connectivity index is 0.00000126. The van der Waals surface area contributed by atoms with E-state index in [-0.39, 0.29) is 5.92 Å². The average molecular weight is 374 g/mol. The van der Waals surface area contributed by atoms with Crippen molar-refractivity contribution in [2.45, 2.75) is 79.1 Å². The molecule has 4 nitrogen and oxygen atoms in total. The van der Waals surface area contributed by atoms with Crippen molar-refractivity contribution in [3.8, 4) is 0 Å². The predicted octanol–water partition coefficient (Wildman–Crippen LogP) is 5.02. The van der Waals surface area contributed by atoms with Crippen molar-refractivity contribution in [3.63, 3.8) is 0 Å². The number of carbonyl (C=O) groups excluding carboxylic acids is 1. The van der Waals surface area contributed by atoms with Crippen LogP contribution in [0.3, 0.4) is 0 Å². The first-order chi connectivity index (χ1) is 13.0. The second-order valence-corrected chi connectivity index (χ2v) is 8.41. The quantitative estimate of drug-likeness (QED) is 0.727. The normalized spacial score (nSPS) is 24.4. The third kappa shape index (κ3) is 6.38. The Morgan fingerprint density at radius 3 is 2.11 bits per heavy atom. The lowest BCUT2D eigenvalue weighted by Gasteiger charge is -2.36. The monoisotopic (exact) mass is 373 g/mol. The van der Waals surface area contributed by atoms with Crippen LogP contribution in [0.25, 0.3) is 0 Å². The van der Waals surface area contributed by atoms with E-state index < -0.39 is 0 Å². The molecule has 152 valence electrons. The van der Waals surface area contributed by atoms with E-state index >= 15 is 0 Å². The van der Waals surface area contributed by atoms with Gasteiger partial charge in [-0.2, -0.15) is 0 Å². The molecule has 0 amide bonds. The number of aryl methyl sites for hydroxylation is 1. The first-order valence-electron chi connectivity index (χ1n) is 11.1. The molecule has 1 aromatic rings. The number of rotatable bonds is 5. The molecule has 1 aliphatic carbocycles. The molecule has 0 N–H and O–H groups in total. The molecule has 1 aliphatic heterocycles. The average Bonchev–Trinajstić information content (AvgIpc) is 2.71. The summed E-state index contributed by atoms with van der Waals surface area (Å²) in [5.74, 6) is 3.29. The van der Waals surface area contributed by atoms with Gasteiger partial charge in [-0.05, 0) is 75.9 Å². The number of Topliss-reactive ketones (excluding diaryl/α,β-unsaturated/α-hetero) is 1. The summed E-state index contributed by atoms with van der Waals surface area (Å²) in [6.07, 6.45) is 11.1. The molecule has 0 radical (unpaired) electrons. The van der Waals surface area contributed by atoms with Crippen LogP contribution < -0.4 is 0 Å². The second-order valence-electron chi connectivity index (χ2n) is 8.41. The molecule has 0 unspecified atom stereocenters. The maximum Gasteiger partial charge on any atom is 0.138 e. The largest absolute Gasteiger partial charge is 0.303 e. The number of likely N-dealkylation sites (tertiary alicyclic amines) is 1. The zero-order chi connectivity index (χ0) is 19.8. The molecule has 1 saturated carbocycles. The van der Waals surface area contributed by atoms with Gasteiger partial charge in [0.25, 0.3) is 0 Å². The minimum absolute atomic E-state index is 0.200. The molecule has 0 bridgehead atoms. The van der Waals surface area contributed by atoms with Crippen LogP contribution >= 0.6 is 0 Å². The standard InChI is InChI=1S/C21H33N3O.C2H6/c1-15(2)21(25)19-6-4-17(5-7-19)14-24-10-8-18(9-11-24)20-12-22-16(3)23-13-20;1-2/h12-13,15,17-19H,4-11,14H2,1-3H3;1-2H3. The molecule has 2 heterocycles. The summed E-state index contributed by atoms with van der Waals surface area (Å²) in [7, 11) is 0. The van der Waals surface area contributed by atoms with E-state index in [1.54, 1.807) is 0 Å². The Morgan fingerprint density at radius 2 is 1.59 bits per heavy atom. The van der Waals surface area contributed by atoms with E-state index in [1.165, 1.54) is 50.9 Å². The molecule has 1 aromatic heterocycles. The predicted molar refractivity (Wildman–Crippen MR) is 112 cm³/mol. The van der Waals surface area contributed by atoms with Crippen LogP contribution in [0.15, 0.2) is 12.4 Å². The van der Waals surface area contributed by atoms with Gasteiger partial charge in [0.1, 0.15) is 11.6 Å². The Labute approximate surface area is 166 Å².